The van der Waals surface area contributed by atoms with Crippen molar-refractivity contribution < 1.29 is 14.2 Å². The van der Waals surface area contributed by atoms with Crippen LogP contribution < -0.4 is 19.0 Å². The van der Waals surface area contributed by atoms with Gasteiger partial charge in [0.15, 0.2) is 11.5 Å². The van der Waals surface area contributed by atoms with Gasteiger partial charge in [0.1, 0.15) is 0 Å². The lowest BCUT2D eigenvalue weighted by molar-refractivity contribution is 0.324. The zero-order chi connectivity index (χ0) is 17.8. The van der Waals surface area contributed by atoms with E-state index in [2.05, 4.69) is 22.3 Å². The Hall–Kier alpha value is -2.80. The van der Waals surface area contributed by atoms with E-state index in [1.807, 2.05) is 35.9 Å². The molecule has 0 saturated carbocycles. The summed E-state index contributed by atoms with van der Waals surface area (Å²) in [5, 5.41) is 8.54. The second-order valence-corrected chi connectivity index (χ2v) is 6.22. The van der Waals surface area contributed by atoms with E-state index in [0.29, 0.717) is 17.2 Å². The first-order valence-corrected chi connectivity index (χ1v) is 8.41. The van der Waals surface area contributed by atoms with Gasteiger partial charge in [0.2, 0.25) is 10.6 Å². The van der Waals surface area contributed by atoms with Gasteiger partial charge in [0.05, 0.1) is 37.8 Å². The van der Waals surface area contributed by atoms with Gasteiger partial charge in [-0.3, -0.25) is 0 Å². The molecule has 0 aliphatic rings. The van der Waals surface area contributed by atoms with Gasteiger partial charge in [-0.25, -0.2) is 0 Å². The van der Waals surface area contributed by atoms with E-state index in [-0.39, 0.29) is 0 Å². The van der Waals surface area contributed by atoms with Crippen molar-refractivity contribution in [3.05, 3.63) is 46.8 Å². The number of hydrogen-bond acceptors (Lipinski definition) is 6. The Balaban J connectivity index is 1.97. The summed E-state index contributed by atoms with van der Waals surface area (Å²) >= 11 is 1.59. The molecule has 25 heavy (non-hydrogen) atoms. The van der Waals surface area contributed by atoms with Crippen molar-refractivity contribution in [3.63, 3.8) is 0 Å². The van der Waals surface area contributed by atoms with Gasteiger partial charge in [0, 0.05) is 12.6 Å². The van der Waals surface area contributed by atoms with Crippen LogP contribution in [0.15, 0.2) is 46.6 Å². The summed E-state index contributed by atoms with van der Waals surface area (Å²) in [5.41, 5.74) is 1.94. The van der Waals surface area contributed by atoms with E-state index in [4.69, 9.17) is 14.2 Å². The number of rotatable bonds is 5. The van der Waals surface area contributed by atoms with Crippen LogP contribution >= 0.6 is 11.3 Å². The Morgan fingerprint density at radius 1 is 1.00 bits per heavy atom. The van der Waals surface area contributed by atoms with Gasteiger partial charge >= 0.3 is 0 Å². The second-order valence-electron chi connectivity index (χ2n) is 5.21. The summed E-state index contributed by atoms with van der Waals surface area (Å²) in [7, 11) is 6.72. The third kappa shape index (κ3) is 3.36. The summed E-state index contributed by atoms with van der Waals surface area (Å²) in [6.07, 6.45) is 1.66. The third-order valence-electron chi connectivity index (χ3n) is 3.75. The van der Waals surface area contributed by atoms with Crippen LogP contribution in [-0.2, 0) is 7.05 Å². The van der Waals surface area contributed by atoms with E-state index in [9.17, 15) is 0 Å². The van der Waals surface area contributed by atoms with E-state index < -0.39 is 0 Å². The molecule has 0 atom stereocenters. The Kier molecular flexibility index (Phi) is 5.04. The molecular weight excluding hydrogens is 338 g/mol. The van der Waals surface area contributed by atoms with Crippen LogP contribution in [0.5, 0.6) is 17.2 Å². The first-order chi connectivity index (χ1) is 12.2. The zero-order valence-corrected chi connectivity index (χ0v) is 15.3. The largest absolute Gasteiger partial charge is 0.493 e. The standard InChI is InChI=1S/C18H19N3O3S/c1-21-13-7-5-6-8-16(13)25-18(21)20-19-11-12-9-14(22-2)17(24-4)15(10-12)23-3/h5-11H,1-4H3/b19-11-,20-18-. The summed E-state index contributed by atoms with van der Waals surface area (Å²) in [6, 6.07) is 11.8. The van der Waals surface area contributed by atoms with Crippen molar-refractivity contribution in [2.24, 2.45) is 17.3 Å². The number of nitrogens with zero attached hydrogens (tertiary/aromatic N) is 3. The zero-order valence-electron chi connectivity index (χ0n) is 14.5. The minimum absolute atomic E-state index is 0.551. The van der Waals surface area contributed by atoms with Crippen molar-refractivity contribution >= 4 is 27.8 Å². The quantitative estimate of drug-likeness (QED) is 0.520. The monoisotopic (exact) mass is 357 g/mol. The van der Waals surface area contributed by atoms with Gasteiger partial charge in [-0.15, -0.1) is 5.10 Å². The highest BCUT2D eigenvalue weighted by molar-refractivity contribution is 7.16. The van der Waals surface area contributed by atoms with E-state index in [0.717, 1.165) is 15.9 Å². The average molecular weight is 357 g/mol. The normalized spacial score (nSPS) is 12.1. The molecule has 3 rings (SSSR count). The van der Waals surface area contributed by atoms with Crippen LogP contribution in [-0.4, -0.2) is 32.1 Å². The van der Waals surface area contributed by atoms with Crippen LogP contribution in [0.4, 0.5) is 0 Å². The molecule has 0 fully saturated rings. The SMILES string of the molecule is COc1cc(/C=N\N=c2/sc3ccccc3n2C)cc(OC)c1OC. The number of aryl methyl sites for hydroxylation is 1. The number of fused-ring (bicyclic) bond motifs is 1. The van der Waals surface area contributed by atoms with Gasteiger partial charge in [-0.1, -0.05) is 23.5 Å². The summed E-state index contributed by atoms with van der Waals surface area (Å²) in [4.78, 5) is 0.824. The minimum Gasteiger partial charge on any atom is -0.493 e. The van der Waals surface area contributed by atoms with Gasteiger partial charge in [-0.2, -0.15) is 5.10 Å². The molecule has 0 radical (unpaired) electrons. The van der Waals surface area contributed by atoms with Crippen molar-refractivity contribution in [2.45, 2.75) is 0 Å². The molecule has 0 saturated heterocycles. The lowest BCUT2D eigenvalue weighted by Crippen LogP contribution is -2.08. The average Bonchev–Trinajstić information content (AvgIpc) is 2.97. The molecule has 1 aromatic heterocycles. The molecule has 1 heterocycles. The Bertz CT molecular complexity index is 964. The molecule has 0 aliphatic carbocycles. The molecular formula is C18H19N3O3S. The van der Waals surface area contributed by atoms with Crippen LogP contribution in [0.2, 0.25) is 0 Å². The first kappa shape index (κ1) is 17.0. The predicted molar refractivity (Wildman–Crippen MR) is 100 cm³/mol. The van der Waals surface area contributed by atoms with Crippen LogP contribution in [0.3, 0.4) is 0 Å². The number of ether oxygens (including phenoxy) is 3. The topological polar surface area (TPSA) is 57.3 Å². The van der Waals surface area contributed by atoms with Crippen molar-refractivity contribution in [1.82, 2.24) is 4.57 Å². The van der Waals surface area contributed by atoms with Crippen molar-refractivity contribution in [3.8, 4) is 17.2 Å². The van der Waals surface area contributed by atoms with Gasteiger partial charge < -0.3 is 18.8 Å². The molecule has 0 aliphatic heterocycles. The Labute approximate surface area is 149 Å². The number of thiazole rings is 1. The number of aromatic nitrogens is 1. The number of benzene rings is 2. The predicted octanol–water partition coefficient (Wildman–Crippen LogP) is 3.20. The molecule has 3 aromatic rings. The highest BCUT2D eigenvalue weighted by Gasteiger charge is 2.12. The molecule has 0 N–H and O–H groups in total. The summed E-state index contributed by atoms with van der Waals surface area (Å²) in [6.45, 7) is 0. The van der Waals surface area contributed by atoms with Gasteiger partial charge in [-0.05, 0) is 24.3 Å². The summed E-state index contributed by atoms with van der Waals surface area (Å²) in [5.74, 6) is 1.71. The van der Waals surface area contributed by atoms with Gasteiger partial charge in [0.25, 0.3) is 0 Å². The molecule has 7 heteroatoms. The fraction of sp³-hybridized carbons (Fsp3) is 0.222. The second kappa shape index (κ2) is 7.40. The number of para-hydroxylation sites is 1. The van der Waals surface area contributed by atoms with Crippen LogP contribution in [0, 0.1) is 0 Å². The van der Waals surface area contributed by atoms with Crippen molar-refractivity contribution in [1.29, 1.82) is 0 Å². The lowest BCUT2D eigenvalue weighted by atomic mass is 10.2. The summed E-state index contributed by atoms with van der Waals surface area (Å²) < 4.78 is 19.2. The first-order valence-electron chi connectivity index (χ1n) is 7.59. The van der Waals surface area contributed by atoms with Crippen molar-refractivity contribution in [2.75, 3.05) is 21.3 Å². The van der Waals surface area contributed by atoms with E-state index in [1.165, 1.54) is 4.70 Å². The molecule has 2 aromatic carbocycles. The minimum atomic E-state index is 0.551. The Morgan fingerprint density at radius 3 is 2.28 bits per heavy atom. The maximum absolute atomic E-state index is 5.34. The van der Waals surface area contributed by atoms with Crippen LogP contribution in [0.25, 0.3) is 10.2 Å². The highest BCUT2D eigenvalue weighted by Crippen LogP contribution is 2.37. The van der Waals surface area contributed by atoms with E-state index in [1.54, 1.807) is 38.9 Å². The van der Waals surface area contributed by atoms with E-state index >= 15 is 0 Å². The number of methoxy groups -OCH3 is 3. The maximum atomic E-state index is 5.34. The molecule has 0 amide bonds. The fourth-order valence-electron chi connectivity index (χ4n) is 2.50. The van der Waals surface area contributed by atoms with Crippen LogP contribution in [0.1, 0.15) is 5.56 Å². The smallest absolute Gasteiger partial charge is 0.211 e. The maximum Gasteiger partial charge on any atom is 0.211 e. The molecule has 0 spiro atoms. The Morgan fingerprint density at radius 2 is 1.68 bits per heavy atom. The lowest BCUT2D eigenvalue weighted by Gasteiger charge is -2.12. The molecule has 130 valence electrons. The molecule has 0 unspecified atom stereocenters. The molecule has 0 bridgehead atoms. The highest BCUT2D eigenvalue weighted by atomic mass is 32.1. The number of hydrogen-bond donors (Lipinski definition) is 0. The molecule has 6 nitrogen and oxygen atoms in total. The third-order valence-corrected chi connectivity index (χ3v) is 4.86. The fourth-order valence-corrected chi connectivity index (χ4v) is 3.47.